The van der Waals surface area contributed by atoms with Gasteiger partial charge >= 0.3 is 0 Å². The predicted molar refractivity (Wildman–Crippen MR) is 67.6 cm³/mol. The lowest BCUT2D eigenvalue weighted by Crippen LogP contribution is -2.15. The lowest BCUT2D eigenvalue weighted by Gasteiger charge is -2.15. The molecule has 1 aromatic rings. The van der Waals surface area contributed by atoms with Gasteiger partial charge in [0.25, 0.3) is 0 Å². The van der Waals surface area contributed by atoms with E-state index in [0.717, 1.165) is 5.92 Å². The first-order chi connectivity index (χ1) is 7.78. The van der Waals surface area contributed by atoms with Gasteiger partial charge in [0.1, 0.15) is 0 Å². The summed E-state index contributed by atoms with van der Waals surface area (Å²) in [6, 6.07) is 9.06. The van der Waals surface area contributed by atoms with E-state index in [4.69, 9.17) is 4.74 Å². The van der Waals surface area contributed by atoms with Crippen molar-refractivity contribution in [3.05, 3.63) is 29.8 Å². The largest absolute Gasteiger partial charge is 0.383 e. The second-order valence-electron chi connectivity index (χ2n) is 4.86. The number of rotatable bonds is 6. The number of ether oxygens (including phenoxy) is 1. The first kappa shape index (κ1) is 11.5. The Balaban J connectivity index is 1.88. The quantitative estimate of drug-likeness (QED) is 0.791. The molecule has 2 nitrogen and oxygen atoms in total. The summed E-state index contributed by atoms with van der Waals surface area (Å²) in [7, 11) is 1.73. The molecule has 0 radical (unpaired) electrons. The van der Waals surface area contributed by atoms with E-state index in [9.17, 15) is 0 Å². The number of nitrogens with one attached hydrogen (secondary N) is 1. The van der Waals surface area contributed by atoms with Gasteiger partial charge in [0.2, 0.25) is 0 Å². The van der Waals surface area contributed by atoms with Crippen molar-refractivity contribution in [2.75, 3.05) is 12.4 Å². The maximum absolute atomic E-state index is 5.13. The molecule has 1 N–H and O–H groups in total. The van der Waals surface area contributed by atoms with E-state index in [2.05, 4.69) is 36.5 Å². The van der Waals surface area contributed by atoms with Crippen LogP contribution >= 0.6 is 0 Å². The van der Waals surface area contributed by atoms with Crippen molar-refractivity contribution >= 4 is 5.69 Å². The van der Waals surface area contributed by atoms with E-state index >= 15 is 0 Å². The summed E-state index contributed by atoms with van der Waals surface area (Å²) < 4.78 is 5.13. The van der Waals surface area contributed by atoms with Crippen LogP contribution in [0.1, 0.15) is 31.7 Å². The predicted octanol–water partition coefficient (Wildman–Crippen LogP) is 3.43. The maximum atomic E-state index is 5.13. The fourth-order valence-electron chi connectivity index (χ4n) is 2.11. The van der Waals surface area contributed by atoms with Crippen LogP contribution in [-0.4, -0.2) is 13.2 Å². The zero-order chi connectivity index (χ0) is 11.4. The monoisotopic (exact) mass is 219 g/mol. The second-order valence-corrected chi connectivity index (χ2v) is 4.86. The molecule has 1 unspecified atom stereocenters. The van der Waals surface area contributed by atoms with E-state index in [0.29, 0.717) is 12.6 Å². The van der Waals surface area contributed by atoms with Gasteiger partial charge in [-0.05, 0) is 37.0 Å². The van der Waals surface area contributed by atoms with E-state index in [1.54, 1.807) is 7.11 Å². The SMILES string of the molecule is COCc1cccc(NC(C)CC2CC2)c1. The van der Waals surface area contributed by atoms with Crippen molar-refractivity contribution in [2.45, 2.75) is 38.8 Å². The highest BCUT2D eigenvalue weighted by Crippen LogP contribution is 2.34. The van der Waals surface area contributed by atoms with Crippen molar-refractivity contribution in [3.8, 4) is 0 Å². The molecule has 2 rings (SSSR count). The number of benzene rings is 1. The summed E-state index contributed by atoms with van der Waals surface area (Å²) in [5.74, 6) is 0.977. The Hall–Kier alpha value is -1.02. The molecule has 0 bridgehead atoms. The summed E-state index contributed by atoms with van der Waals surface area (Å²) >= 11 is 0. The van der Waals surface area contributed by atoms with Gasteiger partial charge in [0.15, 0.2) is 0 Å². The van der Waals surface area contributed by atoms with Crippen LogP contribution in [0.15, 0.2) is 24.3 Å². The van der Waals surface area contributed by atoms with E-state index in [1.165, 1.54) is 30.5 Å². The molecule has 1 saturated carbocycles. The summed E-state index contributed by atoms with van der Waals surface area (Å²) in [4.78, 5) is 0. The summed E-state index contributed by atoms with van der Waals surface area (Å²) in [5, 5.41) is 3.56. The van der Waals surface area contributed by atoms with Crippen molar-refractivity contribution in [3.63, 3.8) is 0 Å². The van der Waals surface area contributed by atoms with Crippen LogP contribution in [0, 0.1) is 5.92 Å². The zero-order valence-electron chi connectivity index (χ0n) is 10.2. The van der Waals surface area contributed by atoms with Gasteiger partial charge in [-0.25, -0.2) is 0 Å². The second kappa shape index (κ2) is 5.35. The Morgan fingerprint density at radius 2 is 2.25 bits per heavy atom. The third kappa shape index (κ3) is 3.53. The number of anilines is 1. The van der Waals surface area contributed by atoms with E-state index in [-0.39, 0.29) is 0 Å². The third-order valence-corrected chi connectivity index (χ3v) is 3.03. The molecule has 2 heteroatoms. The summed E-state index contributed by atoms with van der Waals surface area (Å²) in [6.07, 6.45) is 4.15. The molecule has 1 aliphatic carbocycles. The van der Waals surface area contributed by atoms with E-state index in [1.807, 2.05) is 0 Å². The number of methoxy groups -OCH3 is 1. The van der Waals surface area contributed by atoms with Crippen LogP contribution in [-0.2, 0) is 11.3 Å². The van der Waals surface area contributed by atoms with Gasteiger partial charge in [-0.15, -0.1) is 0 Å². The topological polar surface area (TPSA) is 21.3 Å². The van der Waals surface area contributed by atoms with Crippen molar-refractivity contribution in [2.24, 2.45) is 5.92 Å². The van der Waals surface area contributed by atoms with Gasteiger partial charge in [0.05, 0.1) is 6.61 Å². The highest BCUT2D eigenvalue weighted by atomic mass is 16.5. The minimum Gasteiger partial charge on any atom is -0.383 e. The zero-order valence-corrected chi connectivity index (χ0v) is 10.2. The molecule has 0 amide bonds. The Bertz CT molecular complexity index is 333. The molecule has 88 valence electrons. The summed E-state index contributed by atoms with van der Waals surface area (Å²) in [6.45, 7) is 2.95. The van der Waals surface area contributed by atoms with Crippen molar-refractivity contribution in [1.82, 2.24) is 0 Å². The van der Waals surface area contributed by atoms with Crippen LogP contribution in [0.3, 0.4) is 0 Å². The fourth-order valence-corrected chi connectivity index (χ4v) is 2.11. The molecule has 1 aliphatic rings. The maximum Gasteiger partial charge on any atom is 0.0713 e. The minimum atomic E-state index is 0.574. The number of hydrogen-bond donors (Lipinski definition) is 1. The fraction of sp³-hybridized carbons (Fsp3) is 0.571. The molecule has 0 aliphatic heterocycles. The van der Waals surface area contributed by atoms with Crippen molar-refractivity contribution < 1.29 is 4.74 Å². The molecular formula is C14H21NO. The molecule has 0 heterocycles. The molecule has 0 aromatic heterocycles. The van der Waals surface area contributed by atoms with Crippen LogP contribution in [0.4, 0.5) is 5.69 Å². The van der Waals surface area contributed by atoms with Crippen LogP contribution in [0.25, 0.3) is 0 Å². The average molecular weight is 219 g/mol. The Kier molecular flexibility index (Phi) is 3.83. The van der Waals surface area contributed by atoms with Gasteiger partial charge in [-0.1, -0.05) is 25.0 Å². The Morgan fingerprint density at radius 1 is 1.44 bits per heavy atom. The number of hydrogen-bond acceptors (Lipinski definition) is 2. The standard InChI is InChI=1S/C14H21NO/c1-11(8-12-6-7-12)15-14-5-3-4-13(9-14)10-16-2/h3-5,9,11-12,15H,6-8,10H2,1-2H3. The van der Waals surface area contributed by atoms with Crippen LogP contribution < -0.4 is 5.32 Å². The van der Waals surface area contributed by atoms with Gasteiger partial charge in [0, 0.05) is 18.8 Å². The molecule has 1 atom stereocenters. The molecular weight excluding hydrogens is 198 g/mol. The van der Waals surface area contributed by atoms with Crippen molar-refractivity contribution in [1.29, 1.82) is 0 Å². The Labute approximate surface area is 98.0 Å². The lowest BCUT2D eigenvalue weighted by atomic mass is 10.1. The van der Waals surface area contributed by atoms with Crippen LogP contribution in [0.2, 0.25) is 0 Å². The highest BCUT2D eigenvalue weighted by molar-refractivity contribution is 5.46. The third-order valence-electron chi connectivity index (χ3n) is 3.03. The minimum absolute atomic E-state index is 0.574. The normalized spacial score (nSPS) is 17.1. The molecule has 1 aromatic carbocycles. The van der Waals surface area contributed by atoms with Gasteiger partial charge in [-0.3, -0.25) is 0 Å². The van der Waals surface area contributed by atoms with E-state index < -0.39 is 0 Å². The Morgan fingerprint density at radius 3 is 2.94 bits per heavy atom. The first-order valence-electron chi connectivity index (χ1n) is 6.12. The first-order valence-corrected chi connectivity index (χ1v) is 6.12. The molecule has 0 spiro atoms. The lowest BCUT2D eigenvalue weighted by molar-refractivity contribution is 0.185. The molecule has 16 heavy (non-hydrogen) atoms. The smallest absolute Gasteiger partial charge is 0.0713 e. The van der Waals surface area contributed by atoms with Crippen LogP contribution in [0.5, 0.6) is 0 Å². The molecule has 0 saturated heterocycles. The summed E-state index contributed by atoms with van der Waals surface area (Å²) in [5.41, 5.74) is 2.44. The average Bonchev–Trinajstić information content (AvgIpc) is 3.02. The van der Waals surface area contributed by atoms with Gasteiger partial charge < -0.3 is 10.1 Å². The molecule has 1 fully saturated rings. The highest BCUT2D eigenvalue weighted by Gasteiger charge is 2.23. The van der Waals surface area contributed by atoms with Gasteiger partial charge in [-0.2, -0.15) is 0 Å².